The van der Waals surface area contributed by atoms with E-state index in [2.05, 4.69) is 5.38 Å². The first kappa shape index (κ1) is 9.09. The van der Waals surface area contributed by atoms with Crippen LogP contribution in [-0.2, 0) is 0 Å². The van der Waals surface area contributed by atoms with Gasteiger partial charge in [-0.1, -0.05) is 0 Å². The van der Waals surface area contributed by atoms with Crippen molar-refractivity contribution in [2.24, 2.45) is 0 Å². The lowest BCUT2D eigenvalue weighted by atomic mass is 10.0. The Balaban J connectivity index is 2.62. The van der Waals surface area contributed by atoms with Gasteiger partial charge < -0.3 is 10.8 Å². The van der Waals surface area contributed by atoms with Crippen molar-refractivity contribution in [2.75, 3.05) is 5.73 Å². The van der Waals surface area contributed by atoms with Crippen LogP contribution in [0.25, 0.3) is 11.1 Å². The molecular formula is C11H11NOS. The molecule has 0 fully saturated rings. The van der Waals surface area contributed by atoms with E-state index in [1.807, 2.05) is 12.3 Å². The molecule has 14 heavy (non-hydrogen) atoms. The fourth-order valence-corrected chi connectivity index (χ4v) is 2.25. The predicted molar refractivity (Wildman–Crippen MR) is 60.6 cm³/mol. The summed E-state index contributed by atoms with van der Waals surface area (Å²) in [5.41, 5.74) is 9.37. The van der Waals surface area contributed by atoms with E-state index in [-0.39, 0.29) is 5.75 Å². The largest absolute Gasteiger partial charge is 0.507 e. The van der Waals surface area contributed by atoms with E-state index in [1.165, 1.54) is 0 Å². The Morgan fingerprint density at radius 3 is 2.64 bits per heavy atom. The van der Waals surface area contributed by atoms with E-state index in [0.29, 0.717) is 5.69 Å². The van der Waals surface area contributed by atoms with Crippen LogP contribution in [0.4, 0.5) is 5.69 Å². The minimum atomic E-state index is 0.278. The van der Waals surface area contributed by atoms with Gasteiger partial charge in [0.05, 0.1) is 0 Å². The molecule has 2 nitrogen and oxygen atoms in total. The van der Waals surface area contributed by atoms with Crippen LogP contribution in [0.1, 0.15) is 5.56 Å². The highest BCUT2D eigenvalue weighted by Crippen LogP contribution is 2.34. The molecule has 2 rings (SSSR count). The van der Waals surface area contributed by atoms with Gasteiger partial charge in [-0.2, -0.15) is 11.3 Å². The number of phenols is 1. The van der Waals surface area contributed by atoms with Crippen molar-refractivity contribution in [2.45, 2.75) is 6.92 Å². The van der Waals surface area contributed by atoms with Crippen molar-refractivity contribution in [3.63, 3.8) is 0 Å². The fourth-order valence-electron chi connectivity index (χ4n) is 1.41. The fraction of sp³-hybridized carbons (Fsp3) is 0.0909. The maximum absolute atomic E-state index is 9.68. The van der Waals surface area contributed by atoms with E-state index in [9.17, 15) is 5.11 Å². The van der Waals surface area contributed by atoms with Crippen molar-refractivity contribution in [3.05, 3.63) is 34.5 Å². The minimum Gasteiger partial charge on any atom is -0.507 e. The van der Waals surface area contributed by atoms with E-state index in [4.69, 9.17) is 5.73 Å². The van der Waals surface area contributed by atoms with E-state index >= 15 is 0 Å². The van der Waals surface area contributed by atoms with Crippen molar-refractivity contribution in [1.29, 1.82) is 0 Å². The number of phenolic OH excluding ortho intramolecular Hbond substituents is 1. The number of nitrogen functional groups attached to an aromatic ring is 1. The van der Waals surface area contributed by atoms with Gasteiger partial charge in [-0.05, 0) is 47.0 Å². The van der Waals surface area contributed by atoms with E-state index < -0.39 is 0 Å². The molecular weight excluding hydrogens is 194 g/mol. The molecule has 0 radical (unpaired) electrons. The molecule has 2 aromatic rings. The molecule has 0 atom stereocenters. The SMILES string of the molecule is Cc1cscc1-c1cc(N)ccc1O. The number of thiophene rings is 1. The second kappa shape index (κ2) is 3.35. The molecule has 0 saturated heterocycles. The first-order chi connectivity index (χ1) is 6.68. The Hall–Kier alpha value is -1.48. The molecule has 0 saturated carbocycles. The van der Waals surface area contributed by atoms with Gasteiger partial charge in [-0.3, -0.25) is 0 Å². The van der Waals surface area contributed by atoms with Crippen molar-refractivity contribution < 1.29 is 5.11 Å². The predicted octanol–water partition coefficient (Wildman–Crippen LogP) is 3.01. The zero-order chi connectivity index (χ0) is 10.1. The summed E-state index contributed by atoms with van der Waals surface area (Å²) in [4.78, 5) is 0. The molecule has 0 aliphatic rings. The van der Waals surface area contributed by atoms with Gasteiger partial charge in [-0.25, -0.2) is 0 Å². The van der Waals surface area contributed by atoms with Gasteiger partial charge in [-0.15, -0.1) is 0 Å². The van der Waals surface area contributed by atoms with Crippen LogP contribution in [0.3, 0.4) is 0 Å². The number of rotatable bonds is 1. The van der Waals surface area contributed by atoms with Gasteiger partial charge in [0.25, 0.3) is 0 Å². The summed E-state index contributed by atoms with van der Waals surface area (Å²) in [6.07, 6.45) is 0. The average Bonchev–Trinajstić information content (AvgIpc) is 2.56. The molecule has 0 aliphatic heterocycles. The summed E-state index contributed by atoms with van der Waals surface area (Å²) in [6.45, 7) is 2.02. The summed E-state index contributed by atoms with van der Waals surface area (Å²) in [6, 6.07) is 5.12. The smallest absolute Gasteiger partial charge is 0.123 e. The molecule has 0 aliphatic carbocycles. The van der Waals surface area contributed by atoms with Crippen molar-refractivity contribution in [3.8, 4) is 16.9 Å². The van der Waals surface area contributed by atoms with Crippen LogP contribution in [-0.4, -0.2) is 5.11 Å². The number of aromatic hydroxyl groups is 1. The Labute approximate surface area is 86.6 Å². The zero-order valence-corrected chi connectivity index (χ0v) is 8.64. The van der Waals surface area contributed by atoms with Gasteiger partial charge in [0.15, 0.2) is 0 Å². The highest BCUT2D eigenvalue weighted by molar-refractivity contribution is 7.08. The third kappa shape index (κ3) is 1.46. The van der Waals surface area contributed by atoms with E-state index in [1.54, 1.807) is 29.5 Å². The number of aryl methyl sites for hydroxylation is 1. The molecule has 72 valence electrons. The van der Waals surface area contributed by atoms with Gasteiger partial charge in [0.2, 0.25) is 0 Å². The Bertz CT molecular complexity index is 462. The lowest BCUT2D eigenvalue weighted by Crippen LogP contribution is -1.86. The quantitative estimate of drug-likeness (QED) is 0.555. The topological polar surface area (TPSA) is 46.2 Å². The van der Waals surface area contributed by atoms with E-state index in [0.717, 1.165) is 16.7 Å². The van der Waals surface area contributed by atoms with Gasteiger partial charge in [0.1, 0.15) is 5.75 Å². The summed E-state index contributed by atoms with van der Waals surface area (Å²) < 4.78 is 0. The molecule has 1 aromatic carbocycles. The highest BCUT2D eigenvalue weighted by Gasteiger charge is 2.07. The van der Waals surface area contributed by atoms with Crippen LogP contribution in [0.2, 0.25) is 0 Å². The molecule has 0 spiro atoms. The summed E-state index contributed by atoms with van der Waals surface area (Å²) in [5, 5.41) is 13.8. The second-order valence-electron chi connectivity index (χ2n) is 3.25. The summed E-state index contributed by atoms with van der Waals surface area (Å²) in [7, 11) is 0. The molecule has 1 heterocycles. The maximum atomic E-state index is 9.68. The Morgan fingerprint density at radius 1 is 1.21 bits per heavy atom. The average molecular weight is 205 g/mol. The first-order valence-corrected chi connectivity index (χ1v) is 5.24. The second-order valence-corrected chi connectivity index (χ2v) is 3.99. The number of hydrogen-bond donors (Lipinski definition) is 2. The van der Waals surface area contributed by atoms with Gasteiger partial charge >= 0.3 is 0 Å². The van der Waals surface area contributed by atoms with Crippen LogP contribution in [0.5, 0.6) is 5.75 Å². The van der Waals surface area contributed by atoms with Crippen LogP contribution in [0.15, 0.2) is 29.0 Å². The molecule has 3 N–H and O–H groups in total. The van der Waals surface area contributed by atoms with Crippen molar-refractivity contribution >= 4 is 17.0 Å². The Morgan fingerprint density at radius 2 is 2.00 bits per heavy atom. The third-order valence-electron chi connectivity index (χ3n) is 2.17. The van der Waals surface area contributed by atoms with Crippen LogP contribution in [0, 0.1) is 6.92 Å². The lowest BCUT2D eigenvalue weighted by Gasteiger charge is -2.04. The maximum Gasteiger partial charge on any atom is 0.123 e. The van der Waals surface area contributed by atoms with Crippen LogP contribution >= 0.6 is 11.3 Å². The lowest BCUT2D eigenvalue weighted by molar-refractivity contribution is 0.477. The third-order valence-corrected chi connectivity index (χ3v) is 3.03. The molecule has 3 heteroatoms. The Kier molecular flexibility index (Phi) is 2.17. The highest BCUT2D eigenvalue weighted by atomic mass is 32.1. The zero-order valence-electron chi connectivity index (χ0n) is 7.82. The monoisotopic (exact) mass is 205 g/mol. The minimum absolute atomic E-state index is 0.278. The molecule has 0 unspecified atom stereocenters. The number of hydrogen-bond acceptors (Lipinski definition) is 3. The molecule has 1 aromatic heterocycles. The van der Waals surface area contributed by atoms with Crippen LogP contribution < -0.4 is 5.73 Å². The standard InChI is InChI=1S/C11H11NOS/c1-7-5-14-6-10(7)9-4-8(12)2-3-11(9)13/h2-6,13H,12H2,1H3. The normalized spacial score (nSPS) is 10.4. The number of benzene rings is 1. The molecule has 0 amide bonds. The first-order valence-electron chi connectivity index (χ1n) is 4.30. The van der Waals surface area contributed by atoms with Crippen molar-refractivity contribution in [1.82, 2.24) is 0 Å². The van der Waals surface area contributed by atoms with Gasteiger partial charge in [0, 0.05) is 11.3 Å². The number of anilines is 1. The molecule has 0 bridgehead atoms. The summed E-state index contributed by atoms with van der Waals surface area (Å²) in [5.74, 6) is 0.278. The number of nitrogens with two attached hydrogens (primary N) is 1. The summed E-state index contributed by atoms with van der Waals surface area (Å²) >= 11 is 1.62.